The number of quaternary nitrogens is 1. The normalized spacial score (nSPS) is 11.7. The molecule has 0 bridgehead atoms. The van der Waals surface area contributed by atoms with Gasteiger partial charge in [-0.05, 0) is 31.5 Å². The standard InChI is InChI=1S/C23H24F2N2O4/c1-15(28)31-14-23(2,3)27-12-19(21(26)18-10-9-17(24)11-20(18)25)22(29)30-13-16-7-5-4-6-8-16/h4-12,26-27H,13-14H2,1-3H3/p+1/b19-12+,26-21?. The number of carbonyl (C=O) groups is 2. The van der Waals surface area contributed by atoms with Crippen molar-refractivity contribution in [3.05, 3.63) is 83.1 Å². The Hall–Kier alpha value is -3.39. The summed E-state index contributed by atoms with van der Waals surface area (Å²) in [6, 6.07) is 11.7. The molecule has 8 heteroatoms. The lowest BCUT2D eigenvalue weighted by molar-refractivity contribution is -0.663. The van der Waals surface area contributed by atoms with Crippen LogP contribution < -0.4 is 5.32 Å². The minimum absolute atomic E-state index is 0.0347. The van der Waals surface area contributed by atoms with E-state index in [1.165, 1.54) is 13.1 Å². The van der Waals surface area contributed by atoms with Crippen LogP contribution in [-0.2, 0) is 25.7 Å². The minimum Gasteiger partial charge on any atom is -0.459 e. The number of nitrogens with one attached hydrogen (secondary N) is 1. The van der Waals surface area contributed by atoms with Crippen molar-refractivity contribution in [2.45, 2.75) is 32.9 Å². The molecule has 0 amide bonds. The number of rotatable bonds is 9. The Bertz CT molecular complexity index is 988. The summed E-state index contributed by atoms with van der Waals surface area (Å²) >= 11 is 0. The molecule has 3 N–H and O–H groups in total. The monoisotopic (exact) mass is 431 g/mol. The first-order valence-electron chi connectivity index (χ1n) is 9.54. The zero-order chi connectivity index (χ0) is 23.0. The van der Waals surface area contributed by atoms with Gasteiger partial charge in [-0.15, -0.1) is 0 Å². The maximum absolute atomic E-state index is 14.2. The lowest BCUT2D eigenvalue weighted by Crippen LogP contribution is -2.92. The first-order chi connectivity index (χ1) is 14.6. The molecule has 0 atom stereocenters. The van der Waals surface area contributed by atoms with E-state index in [1.807, 2.05) is 6.07 Å². The summed E-state index contributed by atoms with van der Waals surface area (Å²) < 4.78 is 37.8. The van der Waals surface area contributed by atoms with Gasteiger partial charge in [0, 0.05) is 18.6 Å². The largest absolute Gasteiger partial charge is 0.459 e. The van der Waals surface area contributed by atoms with Crippen molar-refractivity contribution in [3.8, 4) is 0 Å². The second-order valence-corrected chi connectivity index (χ2v) is 7.58. The molecule has 0 spiro atoms. The van der Waals surface area contributed by atoms with Crippen LogP contribution in [0.15, 0.2) is 60.3 Å². The summed E-state index contributed by atoms with van der Waals surface area (Å²) in [7, 11) is 0. The predicted molar refractivity (Wildman–Crippen MR) is 110 cm³/mol. The molecule has 0 aliphatic heterocycles. The summed E-state index contributed by atoms with van der Waals surface area (Å²) in [5.41, 5.74) is -0.824. The average Bonchev–Trinajstić information content (AvgIpc) is 2.71. The van der Waals surface area contributed by atoms with Crippen LogP contribution in [0.1, 0.15) is 31.9 Å². The summed E-state index contributed by atoms with van der Waals surface area (Å²) in [4.78, 5) is 23.8. The van der Waals surface area contributed by atoms with Gasteiger partial charge < -0.3 is 14.8 Å². The second kappa shape index (κ2) is 10.6. The summed E-state index contributed by atoms with van der Waals surface area (Å²) in [6.07, 6.45) is 1.34. The molecule has 2 aromatic rings. The third kappa shape index (κ3) is 7.42. The Morgan fingerprint density at radius 1 is 1.10 bits per heavy atom. The van der Waals surface area contributed by atoms with Crippen LogP contribution in [0.4, 0.5) is 8.78 Å². The number of hydrogen-bond donors (Lipinski definition) is 2. The van der Waals surface area contributed by atoms with Gasteiger partial charge in [0.2, 0.25) is 0 Å². The number of esters is 2. The maximum Gasteiger partial charge on any atom is 0.346 e. The molecule has 0 aliphatic carbocycles. The molecule has 0 fully saturated rings. The topological polar surface area (TPSA) is 93.1 Å². The fourth-order valence-electron chi connectivity index (χ4n) is 2.54. The fourth-order valence-corrected chi connectivity index (χ4v) is 2.54. The van der Waals surface area contributed by atoms with E-state index in [0.717, 1.165) is 17.7 Å². The van der Waals surface area contributed by atoms with E-state index in [4.69, 9.17) is 14.9 Å². The van der Waals surface area contributed by atoms with E-state index < -0.39 is 34.8 Å². The smallest absolute Gasteiger partial charge is 0.346 e. The molecular weight excluding hydrogens is 406 g/mol. The summed E-state index contributed by atoms with van der Waals surface area (Å²) in [6.45, 7) is 4.82. The second-order valence-electron chi connectivity index (χ2n) is 7.58. The van der Waals surface area contributed by atoms with E-state index in [9.17, 15) is 18.4 Å². The zero-order valence-electron chi connectivity index (χ0n) is 17.6. The van der Waals surface area contributed by atoms with Crippen LogP contribution in [0, 0.1) is 17.0 Å². The summed E-state index contributed by atoms with van der Waals surface area (Å²) in [5, 5.41) is 9.93. The quantitative estimate of drug-likeness (QED) is 0.363. The maximum atomic E-state index is 14.2. The van der Waals surface area contributed by atoms with Crippen LogP contribution in [0.2, 0.25) is 0 Å². The third-order valence-corrected chi connectivity index (χ3v) is 4.25. The molecule has 2 aromatic carbocycles. The number of carbonyl (C=O) groups excluding carboxylic acids is 2. The molecule has 0 aromatic heterocycles. The number of ether oxygens (including phenoxy) is 2. The Morgan fingerprint density at radius 2 is 1.77 bits per heavy atom. The van der Waals surface area contributed by atoms with Crippen LogP contribution in [-0.4, -0.2) is 29.8 Å². The highest BCUT2D eigenvalue weighted by Gasteiger charge is 2.27. The lowest BCUT2D eigenvalue weighted by atomic mass is 10.0. The Balaban J connectivity index is 2.28. The van der Waals surface area contributed by atoms with Crippen LogP contribution >= 0.6 is 0 Å². The number of halogens is 2. The van der Waals surface area contributed by atoms with Gasteiger partial charge >= 0.3 is 11.9 Å². The Morgan fingerprint density at radius 3 is 2.39 bits per heavy atom. The molecule has 0 unspecified atom stereocenters. The first kappa shape index (κ1) is 23.9. The van der Waals surface area contributed by atoms with Gasteiger partial charge in [-0.2, -0.15) is 0 Å². The third-order valence-electron chi connectivity index (χ3n) is 4.25. The Labute approximate surface area is 179 Å². The highest BCUT2D eigenvalue weighted by Crippen LogP contribution is 2.16. The highest BCUT2D eigenvalue weighted by molar-refractivity contribution is 6.25. The zero-order valence-corrected chi connectivity index (χ0v) is 17.6. The number of nitrogens with two attached hydrogens (primary N) is 1. The van der Waals surface area contributed by atoms with Crippen molar-refractivity contribution >= 4 is 17.7 Å². The molecule has 6 nitrogen and oxygen atoms in total. The molecule has 0 aliphatic rings. The van der Waals surface area contributed by atoms with Crippen molar-refractivity contribution < 1.29 is 33.2 Å². The van der Waals surface area contributed by atoms with Gasteiger partial charge in [-0.3, -0.25) is 10.2 Å². The highest BCUT2D eigenvalue weighted by atomic mass is 19.1. The minimum atomic E-state index is -0.967. The van der Waals surface area contributed by atoms with Crippen LogP contribution in [0.5, 0.6) is 0 Å². The SMILES string of the molecule is CC(=O)OCC(C)(C)[NH2+]/C=C(\C(=N)c1ccc(F)cc1F)C(=O)OCc1ccccc1. The van der Waals surface area contributed by atoms with Crippen LogP contribution in [0.25, 0.3) is 0 Å². The molecule has 0 heterocycles. The van der Waals surface area contributed by atoms with Gasteiger partial charge in [-0.25, -0.2) is 13.6 Å². The van der Waals surface area contributed by atoms with Crippen molar-refractivity contribution in [2.24, 2.45) is 0 Å². The van der Waals surface area contributed by atoms with Gasteiger partial charge in [-0.1, -0.05) is 30.3 Å². The molecule has 0 saturated carbocycles. The van der Waals surface area contributed by atoms with Crippen LogP contribution in [0.3, 0.4) is 0 Å². The fraction of sp³-hybridized carbons (Fsp3) is 0.261. The first-order valence-corrected chi connectivity index (χ1v) is 9.54. The van der Waals surface area contributed by atoms with Gasteiger partial charge in [0.1, 0.15) is 42.2 Å². The van der Waals surface area contributed by atoms with Crippen molar-refractivity contribution in [3.63, 3.8) is 0 Å². The van der Waals surface area contributed by atoms with E-state index in [1.54, 1.807) is 43.4 Å². The average molecular weight is 431 g/mol. The van der Waals surface area contributed by atoms with E-state index >= 15 is 0 Å². The molecule has 0 radical (unpaired) electrons. The number of benzene rings is 2. The molecule has 0 saturated heterocycles. The molecule has 164 valence electrons. The Kier molecular flexibility index (Phi) is 8.15. The van der Waals surface area contributed by atoms with Gasteiger partial charge in [0.15, 0.2) is 0 Å². The van der Waals surface area contributed by atoms with Crippen molar-refractivity contribution in [2.75, 3.05) is 6.61 Å². The number of hydrogen-bond acceptors (Lipinski definition) is 5. The van der Waals surface area contributed by atoms with E-state index in [-0.39, 0.29) is 24.4 Å². The van der Waals surface area contributed by atoms with E-state index in [0.29, 0.717) is 6.07 Å². The van der Waals surface area contributed by atoms with Gasteiger partial charge in [0.25, 0.3) is 0 Å². The molecule has 2 rings (SSSR count). The van der Waals surface area contributed by atoms with Crippen molar-refractivity contribution in [1.82, 2.24) is 0 Å². The van der Waals surface area contributed by atoms with E-state index in [2.05, 4.69) is 0 Å². The van der Waals surface area contributed by atoms with Gasteiger partial charge in [0.05, 0.1) is 5.71 Å². The lowest BCUT2D eigenvalue weighted by Gasteiger charge is -2.20. The summed E-state index contributed by atoms with van der Waals surface area (Å²) in [5.74, 6) is -3.04. The molecule has 31 heavy (non-hydrogen) atoms. The molecular formula is C23H25F2N2O4+. The van der Waals surface area contributed by atoms with Crippen molar-refractivity contribution in [1.29, 1.82) is 5.41 Å². The predicted octanol–water partition coefficient (Wildman–Crippen LogP) is 2.87.